The van der Waals surface area contributed by atoms with Crippen LogP contribution in [0.25, 0.3) is 5.69 Å². The number of benzene rings is 3. The Morgan fingerprint density at radius 1 is 1.00 bits per heavy atom. The van der Waals surface area contributed by atoms with Gasteiger partial charge in [0.1, 0.15) is 0 Å². The Bertz CT molecular complexity index is 1660. The lowest BCUT2D eigenvalue weighted by Crippen LogP contribution is -2.51. The molecule has 3 aromatic carbocycles. The third-order valence-corrected chi connectivity index (χ3v) is 7.96. The van der Waals surface area contributed by atoms with Crippen LogP contribution in [0.15, 0.2) is 60.7 Å². The van der Waals surface area contributed by atoms with Crippen molar-refractivity contribution in [1.82, 2.24) is 9.78 Å². The van der Waals surface area contributed by atoms with Crippen LogP contribution in [0.4, 0.5) is 11.4 Å². The Morgan fingerprint density at radius 3 is 2.47 bits per heavy atom. The van der Waals surface area contributed by atoms with Crippen molar-refractivity contribution in [1.29, 1.82) is 0 Å². The Balaban J connectivity index is 1.73. The maximum absolute atomic E-state index is 14.4. The number of nitrogens with zero attached hydrogens (tertiary/aromatic N) is 3. The van der Waals surface area contributed by atoms with Gasteiger partial charge < -0.3 is 5.32 Å². The zero-order chi connectivity index (χ0) is 26.9. The van der Waals surface area contributed by atoms with E-state index in [1.54, 1.807) is 29.2 Å². The molecule has 0 fully saturated rings. The first-order valence-electron chi connectivity index (χ1n) is 12.6. The molecule has 8 heteroatoms. The highest BCUT2D eigenvalue weighted by atomic mass is 35.5. The number of rotatable bonds is 4. The van der Waals surface area contributed by atoms with Crippen LogP contribution in [-0.4, -0.2) is 21.6 Å². The SMILES string of the molecule is CCc1cccc(-n2nc3c(c2C(C)C)C2(C(=O)Nc4cc(Cl)ccc42)N(c2cc(Cl)ccc2C)C3=O)c1. The van der Waals surface area contributed by atoms with E-state index in [1.807, 2.05) is 35.9 Å². The quantitative estimate of drug-likeness (QED) is 0.300. The van der Waals surface area contributed by atoms with Crippen LogP contribution in [0.1, 0.15) is 65.1 Å². The highest BCUT2D eigenvalue weighted by Crippen LogP contribution is 2.55. The Kier molecular flexibility index (Phi) is 5.67. The molecular weight excluding hydrogens is 519 g/mol. The van der Waals surface area contributed by atoms with Crippen molar-refractivity contribution in [3.8, 4) is 5.69 Å². The monoisotopic (exact) mass is 544 g/mol. The van der Waals surface area contributed by atoms with Crippen molar-refractivity contribution >= 4 is 46.4 Å². The lowest BCUT2D eigenvalue weighted by molar-refractivity contribution is -0.119. The predicted octanol–water partition coefficient (Wildman–Crippen LogP) is 7.03. The number of nitrogens with one attached hydrogen (secondary N) is 1. The molecule has 192 valence electrons. The molecule has 4 aromatic rings. The van der Waals surface area contributed by atoms with Gasteiger partial charge in [0, 0.05) is 26.9 Å². The van der Waals surface area contributed by atoms with Crippen molar-refractivity contribution in [2.24, 2.45) is 0 Å². The summed E-state index contributed by atoms with van der Waals surface area (Å²) in [5.74, 6) is -0.730. The van der Waals surface area contributed by atoms with E-state index < -0.39 is 5.54 Å². The minimum atomic E-state index is -1.47. The second kappa shape index (κ2) is 8.72. The largest absolute Gasteiger partial charge is 0.323 e. The van der Waals surface area contributed by atoms with E-state index in [1.165, 1.54) is 0 Å². The fraction of sp³-hybridized carbons (Fsp3) is 0.233. The zero-order valence-electron chi connectivity index (χ0n) is 21.5. The number of hydrogen-bond acceptors (Lipinski definition) is 3. The van der Waals surface area contributed by atoms with Crippen LogP contribution in [0.2, 0.25) is 10.0 Å². The Hall–Kier alpha value is -3.61. The number of amides is 2. The summed E-state index contributed by atoms with van der Waals surface area (Å²) in [5, 5.41) is 8.87. The normalized spacial score (nSPS) is 17.9. The second-order valence-corrected chi connectivity index (χ2v) is 11.0. The van der Waals surface area contributed by atoms with Gasteiger partial charge in [-0.1, -0.05) is 68.2 Å². The van der Waals surface area contributed by atoms with E-state index in [9.17, 15) is 9.59 Å². The Morgan fingerprint density at radius 2 is 1.74 bits per heavy atom. The molecule has 0 aliphatic carbocycles. The summed E-state index contributed by atoms with van der Waals surface area (Å²) in [5.41, 5.74) is 4.80. The van der Waals surface area contributed by atoms with Gasteiger partial charge in [-0.15, -0.1) is 0 Å². The summed E-state index contributed by atoms with van der Waals surface area (Å²) >= 11 is 12.7. The van der Waals surface area contributed by atoms with Gasteiger partial charge in [0.15, 0.2) is 11.2 Å². The standard InChI is InChI=1S/C30H26Cl2N4O2/c1-5-18-7-6-8-21(13-18)36-27(16(2)3)25-26(34-36)28(37)35(24-15-20(32)10-9-17(24)4)30(25)22-12-11-19(31)14-23(22)33-29(30)38/h6-16H,5H2,1-4H3,(H,33,38). The summed E-state index contributed by atoms with van der Waals surface area (Å²) in [6.45, 7) is 8.11. The van der Waals surface area contributed by atoms with Crippen molar-refractivity contribution < 1.29 is 9.59 Å². The van der Waals surface area contributed by atoms with Gasteiger partial charge in [0.2, 0.25) is 0 Å². The van der Waals surface area contributed by atoms with E-state index in [4.69, 9.17) is 28.3 Å². The number of hydrogen-bond donors (Lipinski definition) is 1. The van der Waals surface area contributed by atoms with Crippen LogP contribution < -0.4 is 10.2 Å². The lowest BCUT2D eigenvalue weighted by atomic mass is 9.81. The number of halogens is 2. The molecule has 1 spiro atoms. The number of aryl methyl sites for hydroxylation is 2. The minimum Gasteiger partial charge on any atom is -0.323 e. The van der Waals surface area contributed by atoms with Gasteiger partial charge in [0.25, 0.3) is 11.8 Å². The molecule has 1 N–H and O–H groups in total. The molecule has 0 bridgehead atoms. The van der Waals surface area contributed by atoms with Crippen LogP contribution in [0.5, 0.6) is 0 Å². The van der Waals surface area contributed by atoms with E-state index in [2.05, 4.69) is 38.2 Å². The highest BCUT2D eigenvalue weighted by Gasteiger charge is 2.64. The second-order valence-electron chi connectivity index (χ2n) is 10.1. The van der Waals surface area contributed by atoms with E-state index in [-0.39, 0.29) is 23.4 Å². The van der Waals surface area contributed by atoms with Crippen LogP contribution in [-0.2, 0) is 16.8 Å². The molecule has 2 aliphatic rings. The number of fused-ring (bicyclic) bond motifs is 4. The first kappa shape index (κ1) is 24.7. The van der Waals surface area contributed by atoms with Crippen molar-refractivity contribution in [3.63, 3.8) is 0 Å². The van der Waals surface area contributed by atoms with Crippen LogP contribution in [0.3, 0.4) is 0 Å². The van der Waals surface area contributed by atoms with Gasteiger partial charge >= 0.3 is 0 Å². The number of carbonyl (C=O) groups excluding carboxylic acids is 2. The highest BCUT2D eigenvalue weighted by molar-refractivity contribution is 6.32. The maximum Gasteiger partial charge on any atom is 0.280 e. The molecule has 6 nitrogen and oxygen atoms in total. The Labute approximate surface area is 231 Å². The molecule has 0 radical (unpaired) electrons. The van der Waals surface area contributed by atoms with Gasteiger partial charge in [-0.25, -0.2) is 4.68 Å². The average molecular weight is 545 g/mol. The van der Waals surface area contributed by atoms with Crippen molar-refractivity contribution in [3.05, 3.63) is 104 Å². The average Bonchev–Trinajstić information content (AvgIpc) is 3.49. The molecular formula is C30H26Cl2N4O2. The van der Waals surface area contributed by atoms with E-state index in [0.29, 0.717) is 32.5 Å². The van der Waals surface area contributed by atoms with Gasteiger partial charge in [-0.2, -0.15) is 5.10 Å². The first-order chi connectivity index (χ1) is 18.2. The molecule has 0 saturated carbocycles. The number of anilines is 2. The van der Waals surface area contributed by atoms with Gasteiger partial charge in [-0.05, 0) is 66.8 Å². The molecule has 38 heavy (non-hydrogen) atoms. The van der Waals surface area contributed by atoms with E-state index >= 15 is 0 Å². The molecule has 2 aliphatic heterocycles. The third kappa shape index (κ3) is 3.30. The number of carbonyl (C=O) groups is 2. The summed E-state index contributed by atoms with van der Waals surface area (Å²) < 4.78 is 1.83. The molecule has 0 saturated heterocycles. The predicted molar refractivity (Wildman–Crippen MR) is 151 cm³/mol. The molecule has 6 rings (SSSR count). The smallest absolute Gasteiger partial charge is 0.280 e. The summed E-state index contributed by atoms with van der Waals surface area (Å²) in [6, 6.07) is 18.8. The fourth-order valence-corrected chi connectivity index (χ4v) is 6.14. The molecule has 1 unspecified atom stereocenters. The van der Waals surface area contributed by atoms with Crippen LogP contribution in [0, 0.1) is 6.92 Å². The van der Waals surface area contributed by atoms with Gasteiger partial charge in [-0.3, -0.25) is 14.5 Å². The van der Waals surface area contributed by atoms with E-state index in [0.717, 1.165) is 28.9 Å². The topological polar surface area (TPSA) is 67.2 Å². The molecule has 3 heterocycles. The minimum absolute atomic E-state index is 0.0502. The summed E-state index contributed by atoms with van der Waals surface area (Å²) in [4.78, 5) is 30.2. The molecule has 1 aromatic heterocycles. The fourth-order valence-electron chi connectivity index (χ4n) is 5.80. The van der Waals surface area contributed by atoms with Crippen molar-refractivity contribution in [2.75, 3.05) is 10.2 Å². The molecule has 1 atom stereocenters. The molecule has 2 amide bonds. The maximum atomic E-state index is 14.4. The van der Waals surface area contributed by atoms with Crippen molar-refractivity contribution in [2.45, 2.75) is 45.6 Å². The summed E-state index contributed by atoms with van der Waals surface area (Å²) in [6.07, 6.45) is 0.868. The summed E-state index contributed by atoms with van der Waals surface area (Å²) in [7, 11) is 0. The third-order valence-electron chi connectivity index (χ3n) is 7.49. The lowest BCUT2D eigenvalue weighted by Gasteiger charge is -2.36. The zero-order valence-corrected chi connectivity index (χ0v) is 23.0. The number of aromatic nitrogens is 2. The van der Waals surface area contributed by atoms with Crippen LogP contribution >= 0.6 is 23.2 Å². The first-order valence-corrected chi connectivity index (χ1v) is 13.4. The van der Waals surface area contributed by atoms with Gasteiger partial charge in [0.05, 0.1) is 17.1 Å².